The summed E-state index contributed by atoms with van der Waals surface area (Å²) in [6, 6.07) is 11.1. The standard InChI is InChI=1S/C26H19F3N4O4/c1-15-9-17(14-31-13-15)33-24(34)20(10-16-11-21(27)23(29)22(28)12-16)25(32(8-7-30)26(33)35)37-19-5-3-18(36-2)4-6-19/h3-6,9,11-14H,8,10H2,1-2H3. The van der Waals surface area contributed by atoms with E-state index in [-0.39, 0.29) is 28.4 Å². The lowest BCUT2D eigenvalue weighted by Gasteiger charge is -2.18. The van der Waals surface area contributed by atoms with Gasteiger partial charge in [-0.2, -0.15) is 5.26 Å². The Hall–Kier alpha value is -4.85. The Morgan fingerprint density at radius 1 is 1.00 bits per heavy atom. The molecule has 4 aromatic rings. The number of pyridine rings is 1. The number of aromatic nitrogens is 3. The molecule has 0 aliphatic heterocycles. The van der Waals surface area contributed by atoms with E-state index < -0.39 is 41.7 Å². The van der Waals surface area contributed by atoms with Crippen LogP contribution in [0.25, 0.3) is 5.69 Å². The summed E-state index contributed by atoms with van der Waals surface area (Å²) >= 11 is 0. The SMILES string of the molecule is COc1ccc(Oc2c(Cc3cc(F)c(F)c(F)c3)c(=O)n(-c3cncc(C)c3)c(=O)n2CC#N)cc1. The number of methoxy groups -OCH3 is 1. The number of aryl methyl sites for hydroxylation is 1. The summed E-state index contributed by atoms with van der Waals surface area (Å²) in [5.74, 6) is -4.14. The second-order valence-corrected chi connectivity index (χ2v) is 8.00. The molecular weight excluding hydrogens is 489 g/mol. The highest BCUT2D eigenvalue weighted by molar-refractivity contribution is 5.41. The Morgan fingerprint density at radius 3 is 2.24 bits per heavy atom. The van der Waals surface area contributed by atoms with E-state index >= 15 is 0 Å². The van der Waals surface area contributed by atoms with Gasteiger partial charge in [0, 0.05) is 12.6 Å². The lowest BCUT2D eigenvalue weighted by atomic mass is 10.1. The van der Waals surface area contributed by atoms with Crippen LogP contribution in [0.4, 0.5) is 13.2 Å². The molecule has 4 rings (SSSR count). The minimum Gasteiger partial charge on any atom is -0.497 e. The first-order valence-corrected chi connectivity index (χ1v) is 10.9. The van der Waals surface area contributed by atoms with Crippen LogP contribution < -0.4 is 20.7 Å². The predicted molar refractivity (Wildman–Crippen MR) is 127 cm³/mol. The zero-order valence-electron chi connectivity index (χ0n) is 19.7. The van der Waals surface area contributed by atoms with Crippen LogP contribution in [0.15, 0.2) is 64.4 Å². The minimum absolute atomic E-state index is 0.0934. The Labute approximate surface area is 208 Å². The highest BCUT2D eigenvalue weighted by Gasteiger charge is 2.24. The number of hydrogen-bond donors (Lipinski definition) is 0. The average molecular weight is 508 g/mol. The number of nitrogens with zero attached hydrogens (tertiary/aromatic N) is 4. The van der Waals surface area contributed by atoms with Crippen LogP contribution in [0, 0.1) is 35.7 Å². The molecule has 37 heavy (non-hydrogen) atoms. The highest BCUT2D eigenvalue weighted by Crippen LogP contribution is 2.27. The molecule has 2 aromatic carbocycles. The Bertz CT molecular complexity index is 1620. The summed E-state index contributed by atoms with van der Waals surface area (Å²) in [6.07, 6.45) is 2.37. The second-order valence-electron chi connectivity index (χ2n) is 8.00. The molecule has 0 atom stereocenters. The summed E-state index contributed by atoms with van der Waals surface area (Å²) in [4.78, 5) is 31.1. The molecule has 0 unspecified atom stereocenters. The van der Waals surface area contributed by atoms with Gasteiger partial charge >= 0.3 is 5.69 Å². The Balaban J connectivity index is 2.00. The summed E-state index contributed by atoms with van der Waals surface area (Å²) in [6.45, 7) is 1.20. The van der Waals surface area contributed by atoms with Crippen LogP contribution in [0.1, 0.15) is 16.7 Å². The molecule has 8 nitrogen and oxygen atoms in total. The van der Waals surface area contributed by atoms with Gasteiger partial charge in [0.15, 0.2) is 17.5 Å². The van der Waals surface area contributed by atoms with Crippen molar-refractivity contribution >= 4 is 0 Å². The molecule has 0 saturated carbocycles. The fourth-order valence-electron chi connectivity index (χ4n) is 3.72. The van der Waals surface area contributed by atoms with Crippen molar-refractivity contribution in [1.29, 1.82) is 5.26 Å². The molecule has 0 saturated heterocycles. The van der Waals surface area contributed by atoms with E-state index in [0.717, 1.165) is 21.3 Å². The zero-order valence-corrected chi connectivity index (χ0v) is 19.7. The quantitative estimate of drug-likeness (QED) is 0.350. The van der Waals surface area contributed by atoms with E-state index in [0.29, 0.717) is 11.3 Å². The number of halogens is 3. The third-order valence-corrected chi connectivity index (χ3v) is 5.43. The molecule has 188 valence electrons. The third-order valence-electron chi connectivity index (χ3n) is 5.43. The van der Waals surface area contributed by atoms with Crippen molar-refractivity contribution in [2.24, 2.45) is 0 Å². The molecule has 2 heterocycles. The van der Waals surface area contributed by atoms with Gasteiger partial charge in [-0.25, -0.2) is 27.1 Å². The van der Waals surface area contributed by atoms with Gasteiger partial charge in [-0.1, -0.05) is 0 Å². The van der Waals surface area contributed by atoms with Crippen molar-refractivity contribution in [1.82, 2.24) is 14.1 Å². The van der Waals surface area contributed by atoms with Crippen LogP contribution in [0.5, 0.6) is 17.4 Å². The van der Waals surface area contributed by atoms with Crippen molar-refractivity contribution in [3.8, 4) is 29.1 Å². The van der Waals surface area contributed by atoms with Crippen molar-refractivity contribution < 1.29 is 22.6 Å². The van der Waals surface area contributed by atoms with E-state index in [1.165, 1.54) is 37.7 Å². The van der Waals surface area contributed by atoms with Gasteiger partial charge in [-0.15, -0.1) is 0 Å². The van der Waals surface area contributed by atoms with E-state index in [1.54, 1.807) is 19.1 Å². The van der Waals surface area contributed by atoms with E-state index in [9.17, 15) is 28.0 Å². The predicted octanol–water partition coefficient (Wildman–Crippen LogP) is 4.04. The molecule has 0 N–H and O–H groups in total. The smallest absolute Gasteiger partial charge is 0.339 e. The second kappa shape index (κ2) is 10.4. The zero-order chi connectivity index (χ0) is 26.7. The maximum Gasteiger partial charge on any atom is 0.339 e. The largest absolute Gasteiger partial charge is 0.497 e. The van der Waals surface area contributed by atoms with E-state index in [1.807, 2.05) is 6.07 Å². The van der Waals surface area contributed by atoms with Crippen molar-refractivity contribution in [2.75, 3.05) is 7.11 Å². The topological polar surface area (TPSA) is 99.1 Å². The highest BCUT2D eigenvalue weighted by atomic mass is 19.2. The van der Waals surface area contributed by atoms with Crippen molar-refractivity contribution in [3.63, 3.8) is 0 Å². The van der Waals surface area contributed by atoms with Gasteiger partial charge in [0.2, 0.25) is 5.88 Å². The number of benzene rings is 2. The Kier molecular flexibility index (Phi) is 7.11. The molecule has 0 spiro atoms. The lowest BCUT2D eigenvalue weighted by molar-refractivity contribution is 0.403. The van der Waals surface area contributed by atoms with Crippen LogP contribution in [-0.4, -0.2) is 21.2 Å². The fourth-order valence-corrected chi connectivity index (χ4v) is 3.72. The number of hydrogen-bond acceptors (Lipinski definition) is 6. The van der Waals surface area contributed by atoms with Gasteiger partial charge in [0.1, 0.15) is 18.0 Å². The van der Waals surface area contributed by atoms with E-state index in [2.05, 4.69) is 4.98 Å². The van der Waals surface area contributed by atoms with Crippen LogP contribution in [-0.2, 0) is 13.0 Å². The van der Waals surface area contributed by atoms with E-state index in [4.69, 9.17) is 9.47 Å². The van der Waals surface area contributed by atoms with Gasteiger partial charge in [-0.3, -0.25) is 9.78 Å². The minimum atomic E-state index is -1.66. The molecule has 11 heteroatoms. The molecule has 0 amide bonds. The molecule has 0 fully saturated rings. The first-order chi connectivity index (χ1) is 17.7. The Morgan fingerprint density at radius 2 is 1.65 bits per heavy atom. The number of rotatable bonds is 7. The fraction of sp³-hybridized carbons (Fsp3) is 0.154. The maximum atomic E-state index is 14.0. The molecule has 2 aromatic heterocycles. The van der Waals surface area contributed by atoms with Gasteiger partial charge in [0.25, 0.3) is 5.56 Å². The molecule has 0 bridgehead atoms. The van der Waals surface area contributed by atoms with Crippen molar-refractivity contribution in [3.05, 3.63) is 110 Å². The number of ether oxygens (including phenoxy) is 2. The monoisotopic (exact) mass is 508 g/mol. The van der Waals surface area contributed by atoms with Crippen LogP contribution in [0.3, 0.4) is 0 Å². The third kappa shape index (κ3) is 5.08. The summed E-state index contributed by atoms with van der Waals surface area (Å²) < 4.78 is 54.2. The maximum absolute atomic E-state index is 14.0. The van der Waals surface area contributed by atoms with Crippen molar-refractivity contribution in [2.45, 2.75) is 19.9 Å². The molecule has 0 aliphatic rings. The lowest BCUT2D eigenvalue weighted by Crippen LogP contribution is -2.41. The first-order valence-electron chi connectivity index (χ1n) is 10.9. The van der Waals surface area contributed by atoms with Crippen LogP contribution in [0.2, 0.25) is 0 Å². The normalized spacial score (nSPS) is 10.7. The summed E-state index contributed by atoms with van der Waals surface area (Å²) in [5.41, 5.74) is -1.27. The molecule has 0 aliphatic carbocycles. The van der Waals surface area contributed by atoms with Gasteiger partial charge in [0.05, 0.1) is 30.6 Å². The van der Waals surface area contributed by atoms with Gasteiger partial charge in [-0.05, 0) is 60.5 Å². The average Bonchev–Trinajstić information content (AvgIpc) is 2.87. The number of nitriles is 1. The van der Waals surface area contributed by atoms with Crippen LogP contribution >= 0.6 is 0 Å². The van der Waals surface area contributed by atoms with Gasteiger partial charge < -0.3 is 9.47 Å². The molecule has 0 radical (unpaired) electrons. The molecular formula is C26H19F3N4O4. The first kappa shape index (κ1) is 25.2. The summed E-state index contributed by atoms with van der Waals surface area (Å²) in [7, 11) is 1.47. The summed E-state index contributed by atoms with van der Waals surface area (Å²) in [5, 5.41) is 9.44.